The molecule has 0 spiro atoms. The molecule has 4 aliphatic rings. The summed E-state index contributed by atoms with van der Waals surface area (Å²) in [5, 5.41) is 49.6. The lowest BCUT2D eigenvalue weighted by Gasteiger charge is -2.39. The molecule has 4 aliphatic heterocycles. The number of aliphatic carboxylic acids is 3. The summed E-state index contributed by atoms with van der Waals surface area (Å²) < 4.78 is 0. The molecule has 24 heteroatoms. The third kappa shape index (κ3) is 25.6. The van der Waals surface area contributed by atoms with Gasteiger partial charge in [-0.3, -0.25) is 72.3 Å². The van der Waals surface area contributed by atoms with Gasteiger partial charge in [0.05, 0.1) is 39.1 Å². The molecule has 394 valence electrons. The molecule has 0 aromatic carbocycles. The van der Waals surface area contributed by atoms with Crippen molar-refractivity contribution < 1.29 is 83.4 Å². The lowest BCUT2D eigenvalue weighted by molar-refractivity contribution is -0.145. The van der Waals surface area contributed by atoms with Crippen LogP contribution in [0, 0.1) is 17.3 Å². The Hall–Kier alpha value is -5.14. The Morgan fingerprint density at radius 3 is 1.10 bits per heavy atom. The van der Waals surface area contributed by atoms with Crippen molar-refractivity contribution in [3.63, 3.8) is 0 Å². The molecule has 70 heavy (non-hydrogen) atoms. The number of carbonyl (C=O) groups is 11. The number of carboxylic acid groups (broad SMARTS) is 3. The summed E-state index contributed by atoms with van der Waals surface area (Å²) in [5.41, 5.74) is -1.24. The summed E-state index contributed by atoms with van der Waals surface area (Å²) in [6.45, 7) is 10.2. The Balaban J connectivity index is 0. The molecule has 4 heterocycles. The molecule has 0 aliphatic carbocycles. The molecule has 0 saturated heterocycles. The lowest BCUT2D eigenvalue weighted by Crippen LogP contribution is -2.51. The van der Waals surface area contributed by atoms with Crippen LogP contribution in [-0.4, -0.2) is 178 Å². The minimum absolute atomic E-state index is 0.110. The Labute approximate surface area is 424 Å². The van der Waals surface area contributed by atoms with Gasteiger partial charge in [0.25, 0.3) is 47.3 Å². The van der Waals surface area contributed by atoms with E-state index < -0.39 is 28.9 Å². The quantitative estimate of drug-likeness (QED) is 0.0402. The number of thiol groups is 3. The third-order valence-electron chi connectivity index (χ3n) is 10.9. The van der Waals surface area contributed by atoms with Gasteiger partial charge in [0.2, 0.25) is 0 Å². The molecule has 0 aromatic rings. The molecule has 4 rings (SSSR count). The van der Waals surface area contributed by atoms with E-state index in [-0.39, 0.29) is 98.2 Å². The molecule has 0 radical (unpaired) electrons. The predicted molar refractivity (Wildman–Crippen MR) is 266 cm³/mol. The number of amides is 8. The summed E-state index contributed by atoms with van der Waals surface area (Å²) in [7, 11) is 0. The number of carboxylic acids is 3. The van der Waals surface area contributed by atoms with E-state index in [0.29, 0.717) is 56.2 Å². The highest BCUT2D eigenvalue weighted by molar-refractivity contribution is 7.80. The van der Waals surface area contributed by atoms with Gasteiger partial charge in [-0.05, 0) is 57.8 Å². The monoisotopic (exact) mass is 1050 g/mol. The van der Waals surface area contributed by atoms with Gasteiger partial charge in [-0.1, -0.05) is 27.2 Å². The second-order valence-corrected chi connectivity index (χ2v) is 17.9. The zero-order chi connectivity index (χ0) is 54.2. The maximum Gasteiger partial charge on any atom is 0.304 e. The number of imide groups is 4. The largest absolute Gasteiger partial charge is 0.481 e. The van der Waals surface area contributed by atoms with Crippen LogP contribution in [0.4, 0.5) is 0 Å². The SMILES string of the molecule is CC(CCCCN1C(=O)C=CC1=O)C(C)(C)N1C(=O)C=CC1=O.CC(CCCN1C(=O)C=CC1=O)CN1C(=O)C=CC1=O.CCC(CO)(CO)CO.O=C(O)CCS.O=C(O)CCS.O=C(O)CCS. The first-order valence-electron chi connectivity index (χ1n) is 22.3. The normalized spacial score (nSPS) is 15.6. The van der Waals surface area contributed by atoms with E-state index in [4.69, 9.17) is 30.6 Å². The molecule has 8 amide bonds. The molecule has 0 aromatic heterocycles. The van der Waals surface area contributed by atoms with E-state index in [1.165, 1.54) is 68.2 Å². The average Bonchev–Trinajstić information content (AvgIpc) is 4.02. The zero-order valence-corrected chi connectivity index (χ0v) is 43.0. The second kappa shape index (κ2) is 35.9. The summed E-state index contributed by atoms with van der Waals surface area (Å²) >= 11 is 11.0. The van der Waals surface area contributed by atoms with Gasteiger partial charge in [-0.15, -0.1) is 0 Å². The van der Waals surface area contributed by atoms with Crippen molar-refractivity contribution in [2.24, 2.45) is 17.3 Å². The first-order chi connectivity index (χ1) is 32.8. The van der Waals surface area contributed by atoms with E-state index in [2.05, 4.69) is 37.9 Å². The van der Waals surface area contributed by atoms with E-state index in [9.17, 15) is 52.7 Å². The van der Waals surface area contributed by atoms with Gasteiger partial charge in [0.1, 0.15) is 0 Å². The Bertz CT molecular complexity index is 1790. The summed E-state index contributed by atoms with van der Waals surface area (Å²) in [6, 6.07) is 0. The predicted octanol–water partition coefficient (Wildman–Crippen LogP) is 2.21. The van der Waals surface area contributed by atoms with E-state index in [0.717, 1.165) is 19.3 Å². The maximum absolute atomic E-state index is 11.8. The highest BCUT2D eigenvalue weighted by atomic mass is 32.1. The van der Waals surface area contributed by atoms with Crippen molar-refractivity contribution in [1.82, 2.24) is 19.6 Å². The first-order valence-corrected chi connectivity index (χ1v) is 24.2. The van der Waals surface area contributed by atoms with Crippen molar-refractivity contribution in [1.29, 1.82) is 0 Å². The summed E-state index contributed by atoms with van der Waals surface area (Å²) in [5.74, 6) is -3.04. The van der Waals surface area contributed by atoms with Crippen LogP contribution in [0.5, 0.6) is 0 Å². The topological polar surface area (TPSA) is 322 Å². The number of carbonyl (C=O) groups excluding carboxylic acids is 8. The number of aliphatic hydroxyl groups is 3. The zero-order valence-electron chi connectivity index (χ0n) is 40.3. The van der Waals surface area contributed by atoms with Gasteiger partial charge in [-0.2, -0.15) is 37.9 Å². The number of aliphatic hydroxyl groups excluding tert-OH is 3. The van der Waals surface area contributed by atoms with Crippen molar-refractivity contribution >= 4 is 103 Å². The molecule has 0 bridgehead atoms. The molecule has 2 atom stereocenters. The standard InChI is InChI=1S/C17H22N2O4.C14H16N2O4.C6H14O3.3C3H6O2S/c1-12(17(2,3)19-15(22)9-10-16(19)23)6-4-5-11-18-13(20)7-8-14(18)21;1-10(9-16-13(19)6-7-14(16)20)3-2-8-15-11(17)4-5-12(15)18;1-2-6(3-7,4-8)5-9;3*4-3(5)1-2-6/h7-10,12H,4-6,11H2,1-3H3;4-7,10H,2-3,8-9H2,1H3;7-9H,2-5H2,1H3;3*6H,1-2H2,(H,4,5). The van der Waals surface area contributed by atoms with Crippen molar-refractivity contribution in [3.05, 3.63) is 48.6 Å². The van der Waals surface area contributed by atoms with E-state index >= 15 is 0 Å². The van der Waals surface area contributed by atoms with Crippen LogP contribution in [0.2, 0.25) is 0 Å². The number of rotatable bonds is 23. The lowest BCUT2D eigenvalue weighted by atomic mass is 9.83. The fourth-order valence-corrected chi connectivity index (χ4v) is 6.52. The number of hydrogen-bond acceptors (Lipinski definition) is 17. The minimum atomic E-state index is -0.787. The summed E-state index contributed by atoms with van der Waals surface area (Å²) in [4.78, 5) is 126. The van der Waals surface area contributed by atoms with Gasteiger partial charge in [0, 0.05) is 96.5 Å². The van der Waals surface area contributed by atoms with Gasteiger partial charge < -0.3 is 30.6 Å². The van der Waals surface area contributed by atoms with Crippen LogP contribution in [0.3, 0.4) is 0 Å². The average molecular weight is 1050 g/mol. The van der Waals surface area contributed by atoms with Crippen molar-refractivity contribution in [3.8, 4) is 0 Å². The van der Waals surface area contributed by atoms with Crippen molar-refractivity contribution in [2.75, 3.05) is 56.7 Å². The molecular formula is C46H70N4O17S3. The van der Waals surface area contributed by atoms with Crippen LogP contribution in [0.1, 0.15) is 92.4 Å². The third-order valence-corrected chi connectivity index (χ3v) is 11.5. The fourth-order valence-electron chi connectivity index (χ4n) is 5.95. The number of hydrogen-bond donors (Lipinski definition) is 9. The fraction of sp³-hybridized carbons (Fsp3) is 0.587. The van der Waals surface area contributed by atoms with Crippen LogP contribution >= 0.6 is 37.9 Å². The molecular weight excluding hydrogens is 977 g/mol. The Morgan fingerprint density at radius 1 is 0.514 bits per heavy atom. The molecule has 2 unspecified atom stereocenters. The van der Waals surface area contributed by atoms with Gasteiger partial charge >= 0.3 is 17.9 Å². The first kappa shape index (κ1) is 66.9. The van der Waals surface area contributed by atoms with Crippen molar-refractivity contribution in [2.45, 2.75) is 97.9 Å². The molecule has 6 N–H and O–H groups in total. The van der Waals surface area contributed by atoms with Crippen LogP contribution < -0.4 is 0 Å². The summed E-state index contributed by atoms with van der Waals surface area (Å²) in [6.07, 6.45) is 15.0. The smallest absolute Gasteiger partial charge is 0.304 e. The Kier molecular flexibility index (Phi) is 34.3. The number of nitrogens with zero attached hydrogens (tertiary/aromatic N) is 4. The number of unbranched alkanes of at least 4 members (excludes halogenated alkanes) is 1. The van der Waals surface area contributed by atoms with Gasteiger partial charge in [0.15, 0.2) is 0 Å². The second-order valence-electron chi connectivity index (χ2n) is 16.5. The van der Waals surface area contributed by atoms with Crippen LogP contribution in [0.15, 0.2) is 48.6 Å². The van der Waals surface area contributed by atoms with E-state index in [1.54, 1.807) is 0 Å². The molecule has 21 nitrogen and oxygen atoms in total. The highest BCUT2D eigenvalue weighted by Gasteiger charge is 2.40. The van der Waals surface area contributed by atoms with Gasteiger partial charge in [-0.25, -0.2) is 0 Å². The van der Waals surface area contributed by atoms with E-state index in [1.807, 2.05) is 34.6 Å². The van der Waals surface area contributed by atoms with Crippen LogP contribution in [-0.2, 0) is 52.7 Å². The highest BCUT2D eigenvalue weighted by Crippen LogP contribution is 2.31. The van der Waals surface area contributed by atoms with Crippen LogP contribution in [0.25, 0.3) is 0 Å². The minimum Gasteiger partial charge on any atom is -0.481 e. The molecule has 0 fully saturated rings. The molecule has 0 saturated carbocycles. The Morgan fingerprint density at radius 2 is 0.829 bits per heavy atom. The maximum atomic E-state index is 11.8.